The van der Waals surface area contributed by atoms with Crippen LogP contribution in [0.2, 0.25) is 18.6 Å². The number of nitro benzene ring substituents is 1. The van der Waals surface area contributed by atoms with E-state index in [0.717, 1.165) is 11.1 Å². The van der Waals surface area contributed by atoms with Gasteiger partial charge < -0.3 is 23.8 Å². The number of benzene rings is 4. The van der Waals surface area contributed by atoms with E-state index in [9.17, 15) is 29.6 Å². The molecule has 3 aliphatic rings. The van der Waals surface area contributed by atoms with Crippen LogP contribution in [-0.4, -0.2) is 60.3 Å². The number of amides is 3. The zero-order valence-electron chi connectivity index (χ0n) is 29.7. The van der Waals surface area contributed by atoms with Crippen molar-refractivity contribution < 1.29 is 33.3 Å². The summed E-state index contributed by atoms with van der Waals surface area (Å²) in [5.74, 6) is -1.61. The first-order valence-electron chi connectivity index (χ1n) is 17.7. The average molecular weight is 737 g/mol. The maximum Gasteiger partial charge on any atom is 0.269 e. The number of aliphatic hydroxyl groups excluding tert-OH is 1. The lowest BCUT2D eigenvalue weighted by atomic mass is 9.82. The second-order valence-electron chi connectivity index (χ2n) is 14.6. The average Bonchev–Trinajstić information content (AvgIpc) is 3.57. The highest BCUT2D eigenvalue weighted by Gasteiger charge is 2.67. The molecule has 1 saturated heterocycles. The Hall–Kier alpha value is -5.24. The standard InChI is InChI=1S/C40H41FN4O7Si/c1-26-38(53(2,3)41)36(21-37(48)42-23-29-12-8-7-11-28(29)19-33(42)24-46)52-40(26)34-20-32(45(50)51)16-17-35(34)43(39(40)49)22-27-10-9-15-31(18-27)44(25-47)30-13-5-4-6-14-30/h4-18,20,25-26,33,36,38,46H,19,21-24H2,1-3H3/t26-,33-,36+,38-,40+/m0/s1. The Labute approximate surface area is 307 Å². The van der Waals surface area contributed by atoms with Crippen molar-refractivity contribution in [2.45, 2.75) is 69.2 Å². The first kappa shape index (κ1) is 36.1. The van der Waals surface area contributed by atoms with Gasteiger partial charge in [0.2, 0.25) is 20.7 Å². The SMILES string of the molecule is C[C@H]1[C@H]([Si](C)(C)F)[C@@H](CC(=O)N2Cc3ccccc3C[C@H]2CO)O[C@]12C(=O)N(Cc1cccc(N(C=O)c3ccccc3)c1)c1ccc([N+](=O)[O-])cc12. The van der Waals surface area contributed by atoms with Crippen molar-refractivity contribution in [2.75, 3.05) is 16.4 Å². The molecule has 4 aromatic carbocycles. The Morgan fingerprint density at radius 2 is 1.74 bits per heavy atom. The first-order valence-corrected chi connectivity index (χ1v) is 20.7. The van der Waals surface area contributed by atoms with Crippen LogP contribution in [0.3, 0.4) is 0 Å². The van der Waals surface area contributed by atoms with Gasteiger partial charge >= 0.3 is 0 Å². The fourth-order valence-corrected chi connectivity index (χ4v) is 11.2. The van der Waals surface area contributed by atoms with E-state index in [4.69, 9.17) is 4.74 Å². The fraction of sp³-hybridized carbons (Fsp3) is 0.325. The summed E-state index contributed by atoms with van der Waals surface area (Å²) < 4.78 is 23.3. The van der Waals surface area contributed by atoms with Crippen LogP contribution >= 0.6 is 0 Å². The topological polar surface area (TPSA) is 134 Å². The predicted octanol–water partition coefficient (Wildman–Crippen LogP) is 6.55. The van der Waals surface area contributed by atoms with Crippen molar-refractivity contribution in [3.05, 3.63) is 129 Å². The molecule has 5 atom stereocenters. The molecule has 0 bridgehead atoms. The lowest BCUT2D eigenvalue weighted by Gasteiger charge is -2.37. The molecule has 274 valence electrons. The molecule has 13 heteroatoms. The Kier molecular flexibility index (Phi) is 9.51. The van der Waals surface area contributed by atoms with Crippen LogP contribution in [0.5, 0.6) is 0 Å². The molecule has 0 aromatic heterocycles. The molecule has 0 aliphatic carbocycles. The molecular formula is C40H41FN4O7Si. The molecule has 1 spiro atoms. The number of fused-ring (bicyclic) bond motifs is 3. The molecule has 0 unspecified atom stereocenters. The summed E-state index contributed by atoms with van der Waals surface area (Å²) in [5, 5.41) is 22.3. The van der Waals surface area contributed by atoms with Gasteiger partial charge in [-0.25, -0.2) is 0 Å². The number of hydrogen-bond donors (Lipinski definition) is 1. The van der Waals surface area contributed by atoms with E-state index in [1.807, 2.05) is 48.5 Å². The van der Waals surface area contributed by atoms with Crippen LogP contribution in [0.15, 0.2) is 97.1 Å². The monoisotopic (exact) mass is 736 g/mol. The van der Waals surface area contributed by atoms with Gasteiger partial charge in [-0.2, -0.15) is 0 Å². The minimum Gasteiger partial charge on any atom is -0.394 e. The van der Waals surface area contributed by atoms with Crippen molar-refractivity contribution in [1.82, 2.24) is 4.90 Å². The quantitative estimate of drug-likeness (QED) is 0.0642. The maximum atomic E-state index is 16.5. The number of anilines is 3. The van der Waals surface area contributed by atoms with Gasteiger partial charge in [-0.3, -0.25) is 29.4 Å². The molecule has 0 radical (unpaired) electrons. The minimum atomic E-state index is -3.67. The number of aliphatic hydroxyl groups is 1. The second-order valence-corrected chi connectivity index (χ2v) is 18.4. The zero-order valence-corrected chi connectivity index (χ0v) is 30.7. The summed E-state index contributed by atoms with van der Waals surface area (Å²) in [6, 6.07) is 27.7. The summed E-state index contributed by atoms with van der Waals surface area (Å²) in [6.07, 6.45) is -0.0514. The van der Waals surface area contributed by atoms with Crippen LogP contribution < -0.4 is 9.80 Å². The number of nitro groups is 1. The Morgan fingerprint density at radius 3 is 2.42 bits per heavy atom. The van der Waals surface area contributed by atoms with Gasteiger partial charge in [-0.1, -0.05) is 61.5 Å². The third-order valence-electron chi connectivity index (χ3n) is 11.1. The molecule has 1 fully saturated rings. The van der Waals surface area contributed by atoms with Gasteiger partial charge in [0.1, 0.15) is 0 Å². The molecule has 3 aliphatic heterocycles. The van der Waals surface area contributed by atoms with Crippen molar-refractivity contribution in [3.8, 4) is 0 Å². The van der Waals surface area contributed by atoms with Crippen molar-refractivity contribution in [1.29, 1.82) is 0 Å². The maximum absolute atomic E-state index is 16.5. The Balaban J connectivity index is 1.25. The zero-order chi connectivity index (χ0) is 37.7. The molecule has 4 aromatic rings. The van der Waals surface area contributed by atoms with Gasteiger partial charge in [0.05, 0.1) is 42.3 Å². The summed E-state index contributed by atoms with van der Waals surface area (Å²) in [5.41, 5.74) is 1.72. The molecular weight excluding hydrogens is 696 g/mol. The van der Waals surface area contributed by atoms with Gasteiger partial charge in [0, 0.05) is 47.1 Å². The number of non-ortho nitro benzene ring substituents is 1. The minimum absolute atomic E-state index is 0.0346. The Bertz CT molecular complexity index is 2080. The van der Waals surface area contributed by atoms with E-state index in [1.54, 1.807) is 42.2 Å². The van der Waals surface area contributed by atoms with Crippen molar-refractivity contribution in [2.24, 2.45) is 5.92 Å². The fourth-order valence-electron chi connectivity index (χ4n) is 8.68. The van der Waals surface area contributed by atoms with Crippen molar-refractivity contribution >= 4 is 49.4 Å². The first-order chi connectivity index (χ1) is 25.4. The Morgan fingerprint density at radius 1 is 1.04 bits per heavy atom. The molecule has 3 heterocycles. The molecule has 7 rings (SSSR count). The number of carbonyl (C=O) groups excluding carboxylic acids is 3. The molecule has 1 N–H and O–H groups in total. The summed E-state index contributed by atoms with van der Waals surface area (Å²) in [4.78, 5) is 57.4. The molecule has 53 heavy (non-hydrogen) atoms. The molecule has 11 nitrogen and oxygen atoms in total. The number of hydrogen-bond acceptors (Lipinski definition) is 7. The summed E-state index contributed by atoms with van der Waals surface area (Å²) >= 11 is 0. The van der Waals surface area contributed by atoms with E-state index < -0.39 is 48.4 Å². The van der Waals surface area contributed by atoms with E-state index in [-0.39, 0.29) is 43.3 Å². The van der Waals surface area contributed by atoms with Crippen LogP contribution in [0, 0.1) is 16.0 Å². The largest absolute Gasteiger partial charge is 0.394 e. The lowest BCUT2D eigenvalue weighted by Crippen LogP contribution is -2.48. The van der Waals surface area contributed by atoms with Crippen molar-refractivity contribution in [3.63, 3.8) is 0 Å². The highest BCUT2D eigenvalue weighted by atomic mass is 28.4. The third kappa shape index (κ3) is 6.32. The summed E-state index contributed by atoms with van der Waals surface area (Å²) in [7, 11) is -3.67. The van der Waals surface area contributed by atoms with E-state index in [1.165, 1.54) is 41.1 Å². The van der Waals surface area contributed by atoms with Crippen LogP contribution in [0.25, 0.3) is 0 Å². The number of nitrogens with zero attached hydrogens (tertiary/aromatic N) is 4. The highest BCUT2D eigenvalue weighted by molar-refractivity contribution is 6.72. The molecule has 3 amide bonds. The highest BCUT2D eigenvalue weighted by Crippen LogP contribution is 2.61. The van der Waals surface area contributed by atoms with E-state index in [0.29, 0.717) is 35.5 Å². The number of rotatable bonds is 10. The van der Waals surface area contributed by atoms with Crippen LogP contribution in [0.1, 0.15) is 35.6 Å². The smallest absolute Gasteiger partial charge is 0.269 e. The van der Waals surface area contributed by atoms with Crippen LogP contribution in [-0.2, 0) is 44.2 Å². The second kappa shape index (κ2) is 14.0. The number of ether oxygens (including phenoxy) is 1. The predicted molar refractivity (Wildman–Crippen MR) is 200 cm³/mol. The van der Waals surface area contributed by atoms with E-state index >= 15 is 4.11 Å². The third-order valence-corrected chi connectivity index (χ3v) is 13.5. The van der Waals surface area contributed by atoms with Crippen LogP contribution in [0.4, 0.5) is 26.9 Å². The van der Waals surface area contributed by atoms with Gasteiger partial charge in [-0.05, 0) is 66.5 Å². The number of para-hydroxylation sites is 1. The molecule has 0 saturated carbocycles. The summed E-state index contributed by atoms with van der Waals surface area (Å²) in [6.45, 7) is 4.87. The normalized spacial score (nSPS) is 23.5. The number of halogens is 1. The van der Waals surface area contributed by atoms with Gasteiger partial charge in [-0.15, -0.1) is 0 Å². The van der Waals surface area contributed by atoms with Gasteiger partial charge in [0.15, 0.2) is 5.60 Å². The van der Waals surface area contributed by atoms with Gasteiger partial charge in [0.25, 0.3) is 11.6 Å². The van der Waals surface area contributed by atoms with E-state index in [2.05, 4.69) is 0 Å². The lowest BCUT2D eigenvalue weighted by molar-refractivity contribution is -0.385. The number of carbonyl (C=O) groups is 3.